The molecule has 1 aromatic carbocycles. The van der Waals surface area contributed by atoms with Crippen molar-refractivity contribution in [2.75, 3.05) is 0 Å². The fourth-order valence-corrected chi connectivity index (χ4v) is 0.940. The molecule has 0 bridgehead atoms. The van der Waals surface area contributed by atoms with Gasteiger partial charge in [0.15, 0.2) is 11.6 Å². The smallest absolute Gasteiger partial charge is 0.423 e. The molecule has 0 aliphatic carbocycles. The van der Waals surface area contributed by atoms with Crippen LogP contribution in [0.3, 0.4) is 0 Å². The molecule has 1 rings (SSSR count). The maximum absolute atomic E-state index is 12.5. The Bertz CT molecular complexity index is 302. The van der Waals surface area contributed by atoms with Gasteiger partial charge < -0.3 is 10.0 Å². The first-order valence-electron chi connectivity index (χ1n) is 3.34. The third kappa shape index (κ3) is 1.62. The van der Waals surface area contributed by atoms with Gasteiger partial charge in [0.25, 0.3) is 0 Å². The quantitative estimate of drug-likeness (QED) is 0.583. The lowest BCUT2D eigenvalue weighted by Gasteiger charge is -2.04. The molecule has 2 nitrogen and oxygen atoms in total. The number of hydrogen-bond donors (Lipinski definition) is 2. The molecule has 0 spiro atoms. The average Bonchev–Trinajstić information content (AvgIpc) is 1.96. The van der Waals surface area contributed by atoms with E-state index in [1.165, 1.54) is 6.92 Å². The van der Waals surface area contributed by atoms with Gasteiger partial charge in [-0.2, -0.15) is 0 Å². The molecule has 0 radical (unpaired) electrons. The van der Waals surface area contributed by atoms with Crippen LogP contribution in [-0.2, 0) is 0 Å². The molecular weight excluding hydrogens is 165 g/mol. The van der Waals surface area contributed by atoms with E-state index in [4.69, 9.17) is 10.0 Å². The lowest BCUT2D eigenvalue weighted by molar-refractivity contribution is 0.424. The van der Waals surface area contributed by atoms with E-state index >= 15 is 0 Å². The van der Waals surface area contributed by atoms with Crippen LogP contribution < -0.4 is 5.46 Å². The van der Waals surface area contributed by atoms with Gasteiger partial charge in [-0.1, -0.05) is 0 Å². The van der Waals surface area contributed by atoms with Gasteiger partial charge in [-0.05, 0) is 30.1 Å². The van der Waals surface area contributed by atoms with Gasteiger partial charge in [-0.3, -0.25) is 0 Å². The Morgan fingerprint density at radius 3 is 2.17 bits per heavy atom. The van der Waals surface area contributed by atoms with Gasteiger partial charge >= 0.3 is 7.12 Å². The van der Waals surface area contributed by atoms with Gasteiger partial charge in [0.2, 0.25) is 0 Å². The van der Waals surface area contributed by atoms with Gasteiger partial charge in [0.1, 0.15) is 0 Å². The Hall–Kier alpha value is -0.935. The number of aryl methyl sites for hydroxylation is 1. The van der Waals surface area contributed by atoms with Gasteiger partial charge in [0, 0.05) is 0 Å². The Balaban J connectivity index is 3.23. The Morgan fingerprint density at radius 2 is 1.67 bits per heavy atom. The normalized spacial score (nSPS) is 10.1. The SMILES string of the molecule is Cc1cc(F)c(F)cc1B(O)O. The first kappa shape index (κ1) is 9.16. The van der Waals surface area contributed by atoms with Crippen LogP contribution in [0.4, 0.5) is 8.78 Å². The van der Waals surface area contributed by atoms with E-state index in [9.17, 15) is 8.78 Å². The van der Waals surface area contributed by atoms with E-state index < -0.39 is 18.8 Å². The molecule has 1 aromatic rings. The maximum atomic E-state index is 12.5. The molecule has 12 heavy (non-hydrogen) atoms. The fraction of sp³-hybridized carbons (Fsp3) is 0.143. The van der Waals surface area contributed by atoms with Crippen LogP contribution in [0.2, 0.25) is 0 Å². The zero-order valence-electron chi connectivity index (χ0n) is 6.38. The molecule has 0 saturated heterocycles. The Labute approximate surface area is 68.6 Å². The van der Waals surface area contributed by atoms with Crippen LogP contribution in [-0.4, -0.2) is 17.2 Å². The monoisotopic (exact) mass is 172 g/mol. The zero-order valence-corrected chi connectivity index (χ0v) is 6.38. The molecular formula is C7H7BF2O2. The second kappa shape index (κ2) is 3.20. The standard InChI is InChI=1S/C7H7BF2O2/c1-4-2-6(9)7(10)3-5(4)8(11)12/h2-3,11-12H,1H3. The molecule has 0 heterocycles. The summed E-state index contributed by atoms with van der Waals surface area (Å²) < 4.78 is 25.0. The summed E-state index contributed by atoms with van der Waals surface area (Å²) in [5.41, 5.74) is 0.290. The first-order valence-corrected chi connectivity index (χ1v) is 3.34. The van der Waals surface area contributed by atoms with Crippen molar-refractivity contribution in [3.63, 3.8) is 0 Å². The van der Waals surface area contributed by atoms with Gasteiger partial charge in [0.05, 0.1) is 0 Å². The van der Waals surface area contributed by atoms with Crippen LogP contribution in [0.25, 0.3) is 0 Å². The minimum Gasteiger partial charge on any atom is -0.423 e. The van der Waals surface area contributed by atoms with Gasteiger partial charge in [-0.15, -0.1) is 0 Å². The van der Waals surface area contributed by atoms with Crippen molar-refractivity contribution in [1.82, 2.24) is 0 Å². The number of rotatable bonds is 1. The molecule has 64 valence electrons. The van der Waals surface area contributed by atoms with Crippen molar-refractivity contribution < 1.29 is 18.8 Å². The molecule has 0 aromatic heterocycles. The fourth-order valence-electron chi connectivity index (χ4n) is 0.940. The first-order chi connectivity index (χ1) is 5.52. The van der Waals surface area contributed by atoms with Crippen molar-refractivity contribution in [1.29, 1.82) is 0 Å². The highest BCUT2D eigenvalue weighted by Gasteiger charge is 2.16. The van der Waals surface area contributed by atoms with Crippen LogP contribution >= 0.6 is 0 Å². The van der Waals surface area contributed by atoms with Crippen LogP contribution in [0.5, 0.6) is 0 Å². The summed E-state index contributed by atoms with van der Waals surface area (Å²) in [6.07, 6.45) is 0. The number of hydrogen-bond acceptors (Lipinski definition) is 2. The minimum atomic E-state index is -1.76. The summed E-state index contributed by atoms with van der Waals surface area (Å²) in [6.45, 7) is 1.47. The van der Waals surface area contributed by atoms with Crippen molar-refractivity contribution in [2.24, 2.45) is 0 Å². The van der Waals surface area contributed by atoms with Crippen LogP contribution in [0.15, 0.2) is 12.1 Å². The second-order valence-corrected chi connectivity index (χ2v) is 2.50. The highest BCUT2D eigenvalue weighted by molar-refractivity contribution is 6.59. The molecule has 0 fully saturated rings. The number of halogens is 2. The molecule has 0 aliphatic rings. The summed E-state index contributed by atoms with van der Waals surface area (Å²) in [7, 11) is -1.76. The van der Waals surface area contributed by atoms with E-state index in [0.29, 0.717) is 5.56 Å². The van der Waals surface area contributed by atoms with E-state index in [-0.39, 0.29) is 5.46 Å². The molecule has 2 N–H and O–H groups in total. The maximum Gasteiger partial charge on any atom is 0.488 e. The lowest BCUT2D eigenvalue weighted by atomic mass is 9.77. The Morgan fingerprint density at radius 1 is 1.17 bits per heavy atom. The van der Waals surface area contributed by atoms with E-state index in [0.717, 1.165) is 12.1 Å². The zero-order chi connectivity index (χ0) is 9.30. The Kier molecular flexibility index (Phi) is 2.44. The lowest BCUT2D eigenvalue weighted by Crippen LogP contribution is -2.32. The molecule has 0 saturated carbocycles. The van der Waals surface area contributed by atoms with Crippen LogP contribution in [0, 0.1) is 18.6 Å². The average molecular weight is 172 g/mol. The molecule has 0 unspecified atom stereocenters. The predicted molar refractivity (Wildman–Crippen MR) is 40.9 cm³/mol. The van der Waals surface area contributed by atoms with Crippen LogP contribution in [0.1, 0.15) is 5.56 Å². The molecule has 0 aliphatic heterocycles. The van der Waals surface area contributed by atoms with Crippen molar-refractivity contribution >= 4 is 12.6 Å². The summed E-state index contributed by atoms with van der Waals surface area (Å²) in [5.74, 6) is -2.07. The predicted octanol–water partition coefficient (Wildman–Crippen LogP) is -0.0470. The van der Waals surface area contributed by atoms with Crippen molar-refractivity contribution in [3.05, 3.63) is 29.3 Å². The summed E-state index contributed by atoms with van der Waals surface area (Å²) >= 11 is 0. The van der Waals surface area contributed by atoms with Gasteiger partial charge in [-0.25, -0.2) is 8.78 Å². The molecule has 0 atom stereocenters. The summed E-state index contributed by atoms with van der Waals surface area (Å²) in [6, 6.07) is 1.69. The third-order valence-electron chi connectivity index (χ3n) is 1.59. The summed E-state index contributed by atoms with van der Waals surface area (Å²) in [5, 5.41) is 17.4. The largest absolute Gasteiger partial charge is 0.488 e. The van der Waals surface area contributed by atoms with Crippen molar-refractivity contribution in [3.8, 4) is 0 Å². The highest BCUT2D eigenvalue weighted by atomic mass is 19.2. The van der Waals surface area contributed by atoms with Crippen molar-refractivity contribution in [2.45, 2.75) is 6.92 Å². The third-order valence-corrected chi connectivity index (χ3v) is 1.59. The van der Waals surface area contributed by atoms with E-state index in [1.54, 1.807) is 0 Å². The van der Waals surface area contributed by atoms with E-state index in [2.05, 4.69) is 0 Å². The summed E-state index contributed by atoms with van der Waals surface area (Å²) in [4.78, 5) is 0. The second-order valence-electron chi connectivity index (χ2n) is 2.50. The molecule has 0 amide bonds. The highest BCUT2D eigenvalue weighted by Crippen LogP contribution is 2.05. The molecule has 5 heteroatoms. The van der Waals surface area contributed by atoms with E-state index in [1.807, 2.05) is 0 Å². The topological polar surface area (TPSA) is 40.5 Å². The minimum absolute atomic E-state index is 0.0195. The number of benzene rings is 1.